The Morgan fingerprint density at radius 1 is 1.45 bits per heavy atom. The first-order valence-corrected chi connectivity index (χ1v) is 7.27. The van der Waals surface area contributed by atoms with Crippen molar-refractivity contribution in [2.24, 2.45) is 5.92 Å². The quantitative estimate of drug-likeness (QED) is 0.797. The third kappa shape index (κ3) is 2.67. The van der Waals surface area contributed by atoms with Gasteiger partial charge in [-0.15, -0.1) is 0 Å². The molecule has 7 heteroatoms. The first-order chi connectivity index (χ1) is 10.6. The van der Waals surface area contributed by atoms with E-state index < -0.39 is 5.97 Å². The largest absolute Gasteiger partial charge is 0.478 e. The van der Waals surface area contributed by atoms with Crippen molar-refractivity contribution in [1.29, 1.82) is 0 Å². The Hall–Kier alpha value is -2.41. The molecular formula is C15H19N5O2. The normalized spacial score (nSPS) is 21.0. The molecule has 2 aromatic rings. The Morgan fingerprint density at radius 3 is 2.95 bits per heavy atom. The molecule has 0 aliphatic carbocycles. The summed E-state index contributed by atoms with van der Waals surface area (Å²) in [7, 11) is 0. The maximum absolute atomic E-state index is 11.3. The van der Waals surface area contributed by atoms with E-state index in [-0.39, 0.29) is 5.56 Å². The van der Waals surface area contributed by atoms with Gasteiger partial charge in [-0.2, -0.15) is 5.10 Å². The summed E-state index contributed by atoms with van der Waals surface area (Å²) in [4.78, 5) is 15.2. The lowest BCUT2D eigenvalue weighted by molar-refractivity contribution is 0.0698. The molecule has 3 N–H and O–H groups in total. The SMILES string of the molecule is Cc1nn(C2CNC[C@@H]2C)cc1Nc1cnccc1C(=O)O. The van der Waals surface area contributed by atoms with E-state index in [2.05, 4.69) is 27.6 Å². The van der Waals surface area contributed by atoms with E-state index in [9.17, 15) is 9.90 Å². The molecule has 1 fully saturated rings. The number of rotatable bonds is 4. The smallest absolute Gasteiger partial charge is 0.337 e. The number of aromatic nitrogens is 3. The molecule has 1 aliphatic heterocycles. The predicted molar refractivity (Wildman–Crippen MR) is 82.5 cm³/mol. The Kier molecular flexibility index (Phi) is 3.81. The second kappa shape index (κ2) is 5.76. The van der Waals surface area contributed by atoms with Gasteiger partial charge < -0.3 is 15.7 Å². The lowest BCUT2D eigenvalue weighted by Gasteiger charge is -2.14. The summed E-state index contributed by atoms with van der Waals surface area (Å²) in [5, 5.41) is 20.3. The summed E-state index contributed by atoms with van der Waals surface area (Å²) in [6, 6.07) is 1.80. The van der Waals surface area contributed by atoms with Gasteiger partial charge in [0.25, 0.3) is 0 Å². The minimum absolute atomic E-state index is 0.193. The molecule has 0 bridgehead atoms. The zero-order chi connectivity index (χ0) is 15.7. The van der Waals surface area contributed by atoms with Crippen LogP contribution in [0.2, 0.25) is 0 Å². The number of carboxylic acid groups (broad SMARTS) is 1. The van der Waals surface area contributed by atoms with Crippen molar-refractivity contribution in [3.8, 4) is 0 Å². The Bertz CT molecular complexity index is 697. The molecule has 3 heterocycles. The average Bonchev–Trinajstić information content (AvgIpc) is 3.06. The predicted octanol–water partition coefficient (Wildman–Crippen LogP) is 1.81. The highest BCUT2D eigenvalue weighted by molar-refractivity contribution is 5.94. The number of nitrogens with zero attached hydrogens (tertiary/aromatic N) is 3. The summed E-state index contributed by atoms with van der Waals surface area (Å²) in [5.41, 5.74) is 2.29. The molecule has 0 spiro atoms. The topological polar surface area (TPSA) is 92.1 Å². The van der Waals surface area contributed by atoms with Crippen LogP contribution in [0.4, 0.5) is 11.4 Å². The molecular weight excluding hydrogens is 282 g/mol. The van der Waals surface area contributed by atoms with Gasteiger partial charge in [0.15, 0.2) is 0 Å². The molecule has 0 radical (unpaired) electrons. The molecule has 0 saturated carbocycles. The average molecular weight is 301 g/mol. The lowest BCUT2D eigenvalue weighted by Crippen LogP contribution is -2.16. The van der Waals surface area contributed by atoms with Crippen molar-refractivity contribution in [3.63, 3.8) is 0 Å². The second-order valence-electron chi connectivity index (χ2n) is 5.66. The molecule has 7 nitrogen and oxygen atoms in total. The number of aryl methyl sites for hydroxylation is 1. The van der Waals surface area contributed by atoms with Gasteiger partial charge in [-0.25, -0.2) is 4.79 Å². The van der Waals surface area contributed by atoms with Crippen molar-refractivity contribution in [1.82, 2.24) is 20.1 Å². The minimum atomic E-state index is -0.983. The van der Waals surface area contributed by atoms with Crippen LogP contribution in [0, 0.1) is 12.8 Å². The maximum atomic E-state index is 11.3. The van der Waals surface area contributed by atoms with Gasteiger partial charge in [-0.05, 0) is 25.5 Å². The van der Waals surface area contributed by atoms with Gasteiger partial charge in [-0.1, -0.05) is 6.92 Å². The number of hydrogen-bond donors (Lipinski definition) is 3. The summed E-state index contributed by atoms with van der Waals surface area (Å²) in [5.74, 6) is -0.469. The molecule has 1 aliphatic rings. The fourth-order valence-corrected chi connectivity index (χ4v) is 2.75. The number of carboxylic acids is 1. The number of nitrogens with one attached hydrogen (secondary N) is 2. The van der Waals surface area contributed by atoms with Gasteiger partial charge in [0.2, 0.25) is 0 Å². The zero-order valence-corrected chi connectivity index (χ0v) is 12.6. The Labute approximate surface area is 128 Å². The van der Waals surface area contributed by atoms with Crippen molar-refractivity contribution >= 4 is 17.3 Å². The number of carbonyl (C=O) groups is 1. The minimum Gasteiger partial charge on any atom is -0.478 e. The molecule has 2 atom stereocenters. The number of pyridine rings is 1. The van der Waals surface area contributed by atoms with Gasteiger partial charge in [-0.3, -0.25) is 9.67 Å². The van der Waals surface area contributed by atoms with E-state index in [0.29, 0.717) is 17.6 Å². The molecule has 22 heavy (non-hydrogen) atoms. The zero-order valence-electron chi connectivity index (χ0n) is 12.6. The van der Waals surface area contributed by atoms with Crippen molar-refractivity contribution in [2.75, 3.05) is 18.4 Å². The fraction of sp³-hybridized carbons (Fsp3) is 0.400. The summed E-state index contributed by atoms with van der Waals surface area (Å²) in [6.07, 6.45) is 4.92. The van der Waals surface area contributed by atoms with E-state index in [4.69, 9.17) is 0 Å². The summed E-state index contributed by atoms with van der Waals surface area (Å²) in [6.45, 7) is 5.98. The van der Waals surface area contributed by atoms with Crippen LogP contribution in [0.15, 0.2) is 24.7 Å². The summed E-state index contributed by atoms with van der Waals surface area (Å²) < 4.78 is 1.96. The first-order valence-electron chi connectivity index (χ1n) is 7.27. The van der Waals surface area contributed by atoms with Crippen LogP contribution >= 0.6 is 0 Å². The Morgan fingerprint density at radius 2 is 2.27 bits per heavy atom. The van der Waals surface area contributed by atoms with Crippen LogP contribution in [0.5, 0.6) is 0 Å². The first kappa shape index (κ1) is 14.5. The van der Waals surface area contributed by atoms with Crippen LogP contribution in [-0.4, -0.2) is 38.9 Å². The third-order valence-electron chi connectivity index (χ3n) is 4.05. The van der Waals surface area contributed by atoms with Gasteiger partial charge in [0.05, 0.1) is 34.9 Å². The van der Waals surface area contributed by atoms with Crippen LogP contribution in [-0.2, 0) is 0 Å². The molecule has 3 rings (SSSR count). The molecule has 1 unspecified atom stereocenters. The van der Waals surface area contributed by atoms with Crippen LogP contribution in [0.3, 0.4) is 0 Å². The van der Waals surface area contributed by atoms with E-state index in [1.54, 1.807) is 0 Å². The monoisotopic (exact) mass is 301 g/mol. The molecule has 116 valence electrons. The van der Waals surface area contributed by atoms with E-state index >= 15 is 0 Å². The van der Waals surface area contributed by atoms with Crippen LogP contribution in [0.1, 0.15) is 29.0 Å². The van der Waals surface area contributed by atoms with Gasteiger partial charge >= 0.3 is 5.97 Å². The number of aromatic carboxylic acids is 1. The standard InChI is InChI=1S/C15H19N5O2/c1-9-5-17-7-14(9)20-8-13(10(2)19-20)18-12-6-16-4-3-11(12)15(21)22/h3-4,6,8-9,14,17-18H,5,7H2,1-2H3,(H,21,22)/t9-,14?/m0/s1. The van der Waals surface area contributed by atoms with E-state index in [1.807, 2.05) is 17.8 Å². The highest BCUT2D eigenvalue weighted by Gasteiger charge is 2.26. The third-order valence-corrected chi connectivity index (χ3v) is 4.05. The number of anilines is 2. The molecule has 2 aromatic heterocycles. The highest BCUT2D eigenvalue weighted by Crippen LogP contribution is 2.27. The second-order valence-corrected chi connectivity index (χ2v) is 5.66. The van der Waals surface area contributed by atoms with E-state index in [0.717, 1.165) is 24.5 Å². The highest BCUT2D eigenvalue weighted by atomic mass is 16.4. The van der Waals surface area contributed by atoms with Crippen molar-refractivity contribution in [2.45, 2.75) is 19.9 Å². The maximum Gasteiger partial charge on any atom is 0.337 e. The lowest BCUT2D eigenvalue weighted by atomic mass is 10.1. The van der Waals surface area contributed by atoms with Crippen molar-refractivity contribution in [3.05, 3.63) is 35.9 Å². The van der Waals surface area contributed by atoms with Crippen LogP contribution in [0.25, 0.3) is 0 Å². The van der Waals surface area contributed by atoms with Gasteiger partial charge in [0.1, 0.15) is 0 Å². The summed E-state index contributed by atoms with van der Waals surface area (Å²) >= 11 is 0. The van der Waals surface area contributed by atoms with Gasteiger partial charge in [0, 0.05) is 18.9 Å². The molecule has 1 saturated heterocycles. The Balaban J connectivity index is 1.87. The number of hydrogen-bond acceptors (Lipinski definition) is 5. The molecule has 0 aromatic carbocycles. The fourth-order valence-electron chi connectivity index (χ4n) is 2.75. The van der Waals surface area contributed by atoms with Crippen molar-refractivity contribution < 1.29 is 9.90 Å². The van der Waals surface area contributed by atoms with E-state index in [1.165, 1.54) is 18.5 Å². The molecule has 0 amide bonds. The van der Waals surface area contributed by atoms with Crippen LogP contribution < -0.4 is 10.6 Å².